The van der Waals surface area contributed by atoms with E-state index in [9.17, 15) is 5.11 Å². The number of hydrogen-bond donors (Lipinski definition) is 2. The number of carbonyl (C=O) groups excluding carboxylic acids is 1. The van der Waals surface area contributed by atoms with E-state index >= 15 is 0 Å². The first kappa shape index (κ1) is 12.6. The van der Waals surface area contributed by atoms with Crippen LogP contribution in [-0.2, 0) is 4.79 Å². The molecule has 1 aromatic heterocycles. The van der Waals surface area contributed by atoms with Crippen molar-refractivity contribution in [1.82, 2.24) is 20.6 Å². The van der Waals surface area contributed by atoms with E-state index < -0.39 is 0 Å². The molecule has 2 aromatic rings. The van der Waals surface area contributed by atoms with Crippen molar-refractivity contribution in [2.24, 2.45) is 0 Å². The molecule has 1 aromatic carbocycles. The molecule has 7 heteroatoms. The summed E-state index contributed by atoms with van der Waals surface area (Å²) in [6.45, 7) is 3.78. The van der Waals surface area contributed by atoms with Crippen molar-refractivity contribution in [1.29, 1.82) is 0 Å². The van der Waals surface area contributed by atoms with Crippen LogP contribution in [0.4, 0.5) is 0 Å². The quantitative estimate of drug-likeness (QED) is 0.796. The molecule has 90 valence electrons. The standard InChI is InChI=1S/C9H10N4O2.CH2O/c1-5-3-6(9-10-12-13-11-9)4-7(15-2)8(5)14;1-2/h3-4,14H,1-2H3,(H,10,11,12,13);1H2. The summed E-state index contributed by atoms with van der Waals surface area (Å²) >= 11 is 0. The van der Waals surface area contributed by atoms with E-state index in [-0.39, 0.29) is 5.75 Å². The average molecular weight is 236 g/mol. The fourth-order valence-electron chi connectivity index (χ4n) is 1.32. The third-order valence-corrected chi connectivity index (χ3v) is 2.09. The second-order valence-electron chi connectivity index (χ2n) is 3.08. The summed E-state index contributed by atoms with van der Waals surface area (Å²) in [5, 5.41) is 23.2. The molecule has 0 unspecified atom stereocenters. The van der Waals surface area contributed by atoms with E-state index in [1.165, 1.54) is 7.11 Å². The molecule has 0 radical (unpaired) electrons. The molecule has 0 saturated heterocycles. The first-order chi connectivity index (χ1) is 8.22. The Morgan fingerprint density at radius 3 is 2.65 bits per heavy atom. The van der Waals surface area contributed by atoms with Gasteiger partial charge in [-0.15, -0.1) is 10.2 Å². The van der Waals surface area contributed by atoms with Gasteiger partial charge in [0, 0.05) is 5.56 Å². The van der Waals surface area contributed by atoms with E-state index in [1.54, 1.807) is 19.1 Å². The van der Waals surface area contributed by atoms with Crippen LogP contribution < -0.4 is 4.74 Å². The van der Waals surface area contributed by atoms with E-state index in [2.05, 4.69) is 20.6 Å². The Kier molecular flexibility index (Phi) is 4.15. The van der Waals surface area contributed by atoms with Crippen LogP contribution in [0.5, 0.6) is 11.5 Å². The van der Waals surface area contributed by atoms with Crippen molar-refractivity contribution in [2.75, 3.05) is 7.11 Å². The number of nitrogens with zero attached hydrogens (tertiary/aromatic N) is 3. The van der Waals surface area contributed by atoms with Gasteiger partial charge in [-0.2, -0.15) is 5.21 Å². The smallest absolute Gasteiger partial charge is 0.204 e. The molecule has 2 rings (SSSR count). The summed E-state index contributed by atoms with van der Waals surface area (Å²) in [7, 11) is 1.49. The molecule has 17 heavy (non-hydrogen) atoms. The van der Waals surface area contributed by atoms with Gasteiger partial charge in [-0.25, -0.2) is 0 Å². The van der Waals surface area contributed by atoms with E-state index in [1.807, 2.05) is 6.79 Å². The normalized spacial score (nSPS) is 9.29. The van der Waals surface area contributed by atoms with Gasteiger partial charge in [0.1, 0.15) is 6.79 Å². The minimum atomic E-state index is 0.129. The molecule has 0 amide bonds. The first-order valence-corrected chi connectivity index (χ1v) is 4.62. The number of aromatic amines is 1. The Balaban J connectivity index is 0.000000686. The van der Waals surface area contributed by atoms with Crippen molar-refractivity contribution >= 4 is 6.79 Å². The van der Waals surface area contributed by atoms with Crippen LogP contribution in [0.3, 0.4) is 0 Å². The Morgan fingerprint density at radius 2 is 2.12 bits per heavy atom. The summed E-state index contributed by atoms with van der Waals surface area (Å²) < 4.78 is 5.03. The lowest BCUT2D eigenvalue weighted by molar-refractivity contribution is -0.0979. The SMILES string of the molecule is C=O.COc1cc(-c2nn[nH]n2)cc(C)c1O. The second kappa shape index (κ2) is 5.59. The third kappa shape index (κ3) is 2.57. The van der Waals surface area contributed by atoms with Gasteiger partial charge < -0.3 is 14.6 Å². The monoisotopic (exact) mass is 236 g/mol. The van der Waals surface area contributed by atoms with Gasteiger partial charge in [-0.3, -0.25) is 0 Å². The van der Waals surface area contributed by atoms with Gasteiger partial charge in [0.05, 0.1) is 7.11 Å². The van der Waals surface area contributed by atoms with Crippen LogP contribution in [0.2, 0.25) is 0 Å². The van der Waals surface area contributed by atoms with Crippen LogP contribution in [-0.4, -0.2) is 39.6 Å². The maximum absolute atomic E-state index is 9.63. The number of nitrogens with one attached hydrogen (secondary N) is 1. The van der Waals surface area contributed by atoms with Gasteiger partial charge in [-0.05, 0) is 29.8 Å². The molecule has 0 atom stereocenters. The lowest BCUT2D eigenvalue weighted by Gasteiger charge is -2.07. The highest BCUT2D eigenvalue weighted by molar-refractivity contribution is 5.62. The number of methoxy groups -OCH3 is 1. The topological polar surface area (TPSA) is 101 Å². The number of phenolic OH excluding ortho intramolecular Hbond substituents is 1. The number of carbonyl (C=O) groups is 1. The number of tetrazole rings is 1. The Labute approximate surface area is 97.4 Å². The molecule has 2 N–H and O–H groups in total. The van der Waals surface area contributed by atoms with Gasteiger partial charge in [0.15, 0.2) is 11.5 Å². The minimum Gasteiger partial charge on any atom is -0.504 e. The third-order valence-electron chi connectivity index (χ3n) is 2.09. The zero-order valence-electron chi connectivity index (χ0n) is 9.47. The van der Waals surface area contributed by atoms with Crippen LogP contribution >= 0.6 is 0 Å². The van der Waals surface area contributed by atoms with Crippen molar-refractivity contribution in [3.63, 3.8) is 0 Å². The lowest BCUT2D eigenvalue weighted by atomic mass is 10.1. The van der Waals surface area contributed by atoms with Gasteiger partial charge in [0.2, 0.25) is 5.82 Å². The second-order valence-corrected chi connectivity index (χ2v) is 3.08. The van der Waals surface area contributed by atoms with Crippen molar-refractivity contribution in [2.45, 2.75) is 6.92 Å². The fraction of sp³-hybridized carbons (Fsp3) is 0.200. The molecule has 0 aliphatic carbocycles. The van der Waals surface area contributed by atoms with Gasteiger partial charge in [0.25, 0.3) is 0 Å². The van der Waals surface area contributed by atoms with E-state index in [4.69, 9.17) is 9.53 Å². The maximum atomic E-state index is 9.63. The molecule has 0 fully saturated rings. The largest absolute Gasteiger partial charge is 0.504 e. The zero-order chi connectivity index (χ0) is 12.8. The highest BCUT2D eigenvalue weighted by atomic mass is 16.5. The number of aromatic nitrogens is 4. The predicted octanol–water partition coefficient (Wildman–Crippen LogP) is 0.704. The highest BCUT2D eigenvalue weighted by Gasteiger charge is 2.10. The molecule has 0 saturated carbocycles. The molecule has 0 spiro atoms. The average Bonchev–Trinajstić information content (AvgIpc) is 2.89. The Hall–Kier alpha value is -2.44. The molecular weight excluding hydrogens is 224 g/mol. The number of rotatable bonds is 2. The number of H-pyrrole nitrogens is 1. The van der Waals surface area contributed by atoms with Gasteiger partial charge in [-0.1, -0.05) is 0 Å². The predicted molar refractivity (Wildman–Crippen MR) is 59.7 cm³/mol. The first-order valence-electron chi connectivity index (χ1n) is 4.62. The molecule has 0 aliphatic rings. The number of hydrogen-bond acceptors (Lipinski definition) is 6. The van der Waals surface area contributed by atoms with Crippen LogP contribution in [0.25, 0.3) is 11.4 Å². The molecule has 0 aliphatic heterocycles. The number of benzene rings is 1. The fourth-order valence-corrected chi connectivity index (χ4v) is 1.32. The molecule has 1 heterocycles. The summed E-state index contributed by atoms with van der Waals surface area (Å²) in [5.74, 6) is 0.996. The van der Waals surface area contributed by atoms with Crippen LogP contribution in [0.1, 0.15) is 5.56 Å². The summed E-state index contributed by atoms with van der Waals surface area (Å²) in [6, 6.07) is 3.43. The Morgan fingerprint density at radius 1 is 1.41 bits per heavy atom. The lowest BCUT2D eigenvalue weighted by Crippen LogP contribution is -1.89. The van der Waals surface area contributed by atoms with E-state index in [0.717, 1.165) is 5.56 Å². The zero-order valence-corrected chi connectivity index (χ0v) is 9.47. The van der Waals surface area contributed by atoms with Gasteiger partial charge >= 0.3 is 0 Å². The number of aryl methyl sites for hydroxylation is 1. The summed E-state index contributed by atoms with van der Waals surface area (Å²) in [4.78, 5) is 8.00. The maximum Gasteiger partial charge on any atom is 0.204 e. The number of phenols is 1. The highest BCUT2D eigenvalue weighted by Crippen LogP contribution is 2.33. The van der Waals surface area contributed by atoms with Crippen LogP contribution in [0.15, 0.2) is 12.1 Å². The van der Waals surface area contributed by atoms with Crippen molar-refractivity contribution < 1.29 is 14.6 Å². The van der Waals surface area contributed by atoms with Crippen molar-refractivity contribution in [3.8, 4) is 22.9 Å². The molecule has 7 nitrogen and oxygen atoms in total. The van der Waals surface area contributed by atoms with Crippen molar-refractivity contribution in [3.05, 3.63) is 17.7 Å². The minimum absolute atomic E-state index is 0.129. The van der Waals surface area contributed by atoms with Crippen LogP contribution in [0, 0.1) is 6.92 Å². The summed E-state index contributed by atoms with van der Waals surface area (Å²) in [5.41, 5.74) is 1.45. The molecule has 0 bridgehead atoms. The van der Waals surface area contributed by atoms with E-state index in [0.29, 0.717) is 17.1 Å². The summed E-state index contributed by atoms with van der Waals surface area (Å²) in [6.07, 6.45) is 0. The molecular formula is C10H12N4O3. The Bertz CT molecular complexity index is 485. The number of aromatic hydroxyl groups is 1. The number of ether oxygens (including phenoxy) is 1.